The molecule has 0 bridgehead atoms. The Hall–Kier alpha value is -1.55. The number of anilines is 2. The summed E-state index contributed by atoms with van der Waals surface area (Å²) in [6, 6.07) is 7.05. The molecule has 0 aromatic heterocycles. The predicted molar refractivity (Wildman–Crippen MR) is 73.9 cm³/mol. The van der Waals surface area contributed by atoms with E-state index in [1.54, 1.807) is 24.3 Å². The number of alkyl halides is 1. The highest BCUT2D eigenvalue weighted by Gasteiger charge is 2.03. The molecule has 0 unspecified atom stereocenters. The van der Waals surface area contributed by atoms with E-state index >= 15 is 0 Å². The summed E-state index contributed by atoms with van der Waals surface area (Å²) in [5, 5.41) is 5.44. The van der Waals surface area contributed by atoms with Crippen LogP contribution in [-0.4, -0.2) is 17.7 Å². The average Bonchev–Trinajstić information content (AvgIpc) is 2.28. The van der Waals surface area contributed by atoms with E-state index in [1.807, 2.05) is 0 Å². The summed E-state index contributed by atoms with van der Waals surface area (Å²) in [7, 11) is 0. The second-order valence-electron chi connectivity index (χ2n) is 3.96. The van der Waals surface area contributed by atoms with Gasteiger partial charge in [0.25, 0.3) is 0 Å². The number of carbonyl (C=O) groups excluding carboxylic acids is 2. The lowest BCUT2D eigenvalue weighted by Gasteiger charge is -2.07. The Morgan fingerprint density at radius 1 is 1.17 bits per heavy atom. The zero-order chi connectivity index (χ0) is 13.4. The Kier molecular flexibility index (Phi) is 6.22. The van der Waals surface area contributed by atoms with Crippen LogP contribution < -0.4 is 10.6 Å². The van der Waals surface area contributed by atoms with E-state index in [0.29, 0.717) is 23.7 Å². The predicted octanol–water partition coefficient (Wildman–Crippen LogP) is 2.99. The van der Waals surface area contributed by atoms with Crippen molar-refractivity contribution in [2.24, 2.45) is 0 Å². The maximum Gasteiger partial charge on any atom is 0.224 e. The van der Waals surface area contributed by atoms with Crippen molar-refractivity contribution in [3.8, 4) is 0 Å². The number of benzene rings is 1. The lowest BCUT2D eigenvalue weighted by molar-refractivity contribution is -0.116. The van der Waals surface area contributed by atoms with Crippen LogP contribution in [0.2, 0.25) is 0 Å². The van der Waals surface area contributed by atoms with Gasteiger partial charge in [0.1, 0.15) is 0 Å². The minimum absolute atomic E-state index is 0.0416. The van der Waals surface area contributed by atoms with Crippen LogP contribution in [0.1, 0.15) is 26.2 Å². The van der Waals surface area contributed by atoms with Gasteiger partial charge in [-0.05, 0) is 31.0 Å². The molecule has 0 aliphatic rings. The molecule has 98 valence electrons. The molecule has 2 N–H and O–H groups in total. The molecule has 0 heterocycles. The Labute approximate surface area is 112 Å². The molecule has 0 spiro atoms. The Morgan fingerprint density at radius 2 is 1.83 bits per heavy atom. The van der Waals surface area contributed by atoms with Crippen molar-refractivity contribution in [2.45, 2.75) is 26.2 Å². The molecular formula is C13H17ClN2O2. The minimum Gasteiger partial charge on any atom is -0.326 e. The molecule has 0 fully saturated rings. The van der Waals surface area contributed by atoms with E-state index in [-0.39, 0.29) is 11.8 Å². The van der Waals surface area contributed by atoms with Crippen LogP contribution >= 0.6 is 11.6 Å². The van der Waals surface area contributed by atoms with Gasteiger partial charge in [-0.3, -0.25) is 9.59 Å². The molecule has 0 aliphatic heterocycles. The molecule has 0 aliphatic carbocycles. The highest BCUT2D eigenvalue weighted by atomic mass is 35.5. The molecule has 0 saturated heterocycles. The summed E-state index contributed by atoms with van der Waals surface area (Å²) in [4.78, 5) is 22.5. The standard InChI is InChI=1S/C13H17ClN2O2/c1-10(17)15-11-5-4-6-12(9-11)16-13(18)7-2-3-8-14/h4-6,9H,2-3,7-8H2,1H3,(H,15,17)(H,16,18). The first kappa shape index (κ1) is 14.5. The summed E-state index contributed by atoms with van der Waals surface area (Å²) >= 11 is 5.54. The molecule has 0 radical (unpaired) electrons. The quantitative estimate of drug-likeness (QED) is 0.615. The third kappa shape index (κ3) is 5.68. The van der Waals surface area contributed by atoms with Crippen molar-refractivity contribution in [3.05, 3.63) is 24.3 Å². The molecule has 1 rings (SSSR count). The summed E-state index contributed by atoms with van der Waals surface area (Å²) in [6.45, 7) is 1.44. The lowest BCUT2D eigenvalue weighted by atomic mass is 10.2. The minimum atomic E-state index is -0.138. The molecule has 0 saturated carbocycles. The maximum atomic E-state index is 11.6. The van der Waals surface area contributed by atoms with E-state index in [1.165, 1.54) is 6.92 Å². The van der Waals surface area contributed by atoms with Crippen LogP contribution in [0.5, 0.6) is 0 Å². The van der Waals surface area contributed by atoms with Gasteiger partial charge in [0.05, 0.1) is 0 Å². The highest BCUT2D eigenvalue weighted by Crippen LogP contribution is 2.15. The number of carbonyl (C=O) groups is 2. The summed E-state index contributed by atoms with van der Waals surface area (Å²) in [5.74, 6) is 0.395. The van der Waals surface area contributed by atoms with Crippen molar-refractivity contribution in [1.82, 2.24) is 0 Å². The second-order valence-corrected chi connectivity index (χ2v) is 4.33. The fourth-order valence-electron chi connectivity index (χ4n) is 1.48. The number of hydrogen-bond acceptors (Lipinski definition) is 2. The third-order valence-electron chi connectivity index (χ3n) is 2.25. The van der Waals surface area contributed by atoms with Crippen LogP contribution in [0.15, 0.2) is 24.3 Å². The van der Waals surface area contributed by atoms with Crippen molar-refractivity contribution in [3.63, 3.8) is 0 Å². The highest BCUT2D eigenvalue weighted by molar-refractivity contribution is 6.17. The van der Waals surface area contributed by atoms with Crippen LogP contribution in [-0.2, 0) is 9.59 Å². The van der Waals surface area contributed by atoms with E-state index in [2.05, 4.69) is 10.6 Å². The Bertz CT molecular complexity index is 421. The molecule has 0 atom stereocenters. The van der Waals surface area contributed by atoms with Gasteiger partial charge >= 0.3 is 0 Å². The molecule has 18 heavy (non-hydrogen) atoms. The topological polar surface area (TPSA) is 58.2 Å². The number of halogens is 1. The van der Waals surface area contributed by atoms with E-state index in [9.17, 15) is 9.59 Å². The number of hydrogen-bond donors (Lipinski definition) is 2. The average molecular weight is 269 g/mol. The molecule has 1 aromatic rings. The first-order valence-corrected chi connectivity index (χ1v) is 6.38. The zero-order valence-electron chi connectivity index (χ0n) is 10.3. The SMILES string of the molecule is CC(=O)Nc1cccc(NC(=O)CCCCCl)c1. The van der Waals surface area contributed by atoms with Crippen LogP contribution in [0, 0.1) is 0 Å². The van der Waals surface area contributed by atoms with Gasteiger partial charge in [-0.25, -0.2) is 0 Å². The van der Waals surface area contributed by atoms with E-state index < -0.39 is 0 Å². The monoisotopic (exact) mass is 268 g/mol. The summed E-state index contributed by atoms with van der Waals surface area (Å²) in [6.07, 6.45) is 2.07. The largest absolute Gasteiger partial charge is 0.326 e. The van der Waals surface area contributed by atoms with E-state index in [0.717, 1.165) is 12.8 Å². The fourth-order valence-corrected chi connectivity index (χ4v) is 1.67. The number of rotatable bonds is 6. The van der Waals surface area contributed by atoms with Gasteiger partial charge in [0, 0.05) is 30.6 Å². The molecule has 5 heteroatoms. The smallest absolute Gasteiger partial charge is 0.224 e. The molecular weight excluding hydrogens is 252 g/mol. The second kappa shape index (κ2) is 7.71. The van der Waals surface area contributed by atoms with Gasteiger partial charge in [-0.1, -0.05) is 6.07 Å². The van der Waals surface area contributed by atoms with Crippen molar-refractivity contribution >= 4 is 34.8 Å². The first-order valence-electron chi connectivity index (χ1n) is 5.85. The van der Waals surface area contributed by atoms with Crippen LogP contribution in [0.3, 0.4) is 0 Å². The van der Waals surface area contributed by atoms with Crippen LogP contribution in [0.4, 0.5) is 11.4 Å². The van der Waals surface area contributed by atoms with Gasteiger partial charge < -0.3 is 10.6 Å². The fraction of sp³-hybridized carbons (Fsp3) is 0.385. The number of nitrogens with one attached hydrogen (secondary N) is 2. The molecule has 4 nitrogen and oxygen atoms in total. The van der Waals surface area contributed by atoms with Gasteiger partial charge in [0.2, 0.25) is 11.8 Å². The Balaban J connectivity index is 2.51. The van der Waals surface area contributed by atoms with Gasteiger partial charge in [-0.15, -0.1) is 11.6 Å². The molecule has 2 amide bonds. The summed E-state index contributed by atoms with van der Waals surface area (Å²) in [5.41, 5.74) is 1.35. The zero-order valence-corrected chi connectivity index (χ0v) is 11.1. The Morgan fingerprint density at radius 3 is 2.44 bits per heavy atom. The summed E-state index contributed by atoms with van der Waals surface area (Å²) < 4.78 is 0. The third-order valence-corrected chi connectivity index (χ3v) is 2.52. The lowest BCUT2D eigenvalue weighted by Crippen LogP contribution is -2.12. The van der Waals surface area contributed by atoms with Crippen LogP contribution in [0.25, 0.3) is 0 Å². The van der Waals surface area contributed by atoms with Crippen molar-refractivity contribution in [2.75, 3.05) is 16.5 Å². The first-order chi connectivity index (χ1) is 8.61. The normalized spacial score (nSPS) is 9.89. The van der Waals surface area contributed by atoms with Crippen molar-refractivity contribution < 1.29 is 9.59 Å². The molecule has 1 aromatic carbocycles. The van der Waals surface area contributed by atoms with Gasteiger partial charge in [-0.2, -0.15) is 0 Å². The van der Waals surface area contributed by atoms with Crippen molar-refractivity contribution in [1.29, 1.82) is 0 Å². The maximum absolute atomic E-state index is 11.6. The van der Waals surface area contributed by atoms with Gasteiger partial charge in [0.15, 0.2) is 0 Å². The number of amides is 2. The number of unbranched alkanes of at least 4 members (excludes halogenated alkanes) is 1. The van der Waals surface area contributed by atoms with E-state index in [4.69, 9.17) is 11.6 Å².